The Labute approximate surface area is 83.0 Å². The van der Waals surface area contributed by atoms with E-state index in [1.807, 2.05) is 6.26 Å². The number of fused-ring (bicyclic) bond motifs is 1. The fourth-order valence-corrected chi connectivity index (χ4v) is 2.00. The summed E-state index contributed by atoms with van der Waals surface area (Å²) in [6.45, 7) is 0. The van der Waals surface area contributed by atoms with Crippen molar-refractivity contribution in [2.45, 2.75) is 0 Å². The zero-order chi connectivity index (χ0) is 9.59. The first-order valence-corrected chi connectivity index (χ1v) is 5.04. The molecule has 1 aromatic rings. The van der Waals surface area contributed by atoms with Gasteiger partial charge in [-0.15, -0.1) is 11.8 Å². The lowest BCUT2D eigenvalue weighted by Gasteiger charge is -1.93. The number of imidazole rings is 1. The van der Waals surface area contributed by atoms with E-state index in [-0.39, 0.29) is 11.8 Å². The number of hydrogen-bond donors (Lipinski definition) is 3. The third-order valence-electron chi connectivity index (χ3n) is 1.69. The number of nitrogens with zero attached hydrogens (tertiary/aromatic N) is 2. The first kappa shape index (κ1) is 8.52. The molecule has 0 aliphatic carbocycles. The number of thioether (sulfide) groups is 1. The van der Waals surface area contributed by atoms with Crippen molar-refractivity contribution in [3.63, 3.8) is 0 Å². The molecule has 0 aromatic carbocycles. The van der Waals surface area contributed by atoms with Gasteiger partial charge in [-0.05, 0) is 18.5 Å². The number of aliphatic imine (C=N–C) groups is 1. The predicted molar refractivity (Wildman–Crippen MR) is 54.5 cm³/mol. The summed E-state index contributed by atoms with van der Waals surface area (Å²) in [5, 5.41) is 17.5. The van der Waals surface area contributed by atoms with Gasteiger partial charge in [0.15, 0.2) is 4.77 Å². The average Bonchev–Trinajstić information content (AvgIpc) is 2.54. The Hall–Kier alpha value is -1.08. The fourth-order valence-electron chi connectivity index (χ4n) is 1.16. The van der Waals surface area contributed by atoms with E-state index in [4.69, 9.17) is 17.6 Å². The Morgan fingerprint density at radius 3 is 3.00 bits per heavy atom. The van der Waals surface area contributed by atoms with Crippen molar-refractivity contribution in [3.05, 3.63) is 10.5 Å². The third-order valence-corrected chi connectivity index (χ3v) is 2.65. The Morgan fingerprint density at radius 1 is 1.69 bits per heavy atom. The van der Waals surface area contributed by atoms with E-state index in [2.05, 4.69) is 9.98 Å². The van der Waals surface area contributed by atoms with Crippen LogP contribution in [-0.2, 0) is 0 Å². The van der Waals surface area contributed by atoms with Crippen molar-refractivity contribution in [2.75, 3.05) is 6.26 Å². The van der Waals surface area contributed by atoms with Crippen LogP contribution in [0.4, 0.5) is 0 Å². The largest absolute Gasteiger partial charge is 0.493 e. The van der Waals surface area contributed by atoms with Gasteiger partial charge in [0.05, 0.1) is 0 Å². The SMILES string of the molecule is CSC1=NC(=N)n2c1c(O)[nH]c2=S. The summed E-state index contributed by atoms with van der Waals surface area (Å²) in [5.74, 6) is 0.0150. The molecule has 0 saturated carbocycles. The molecule has 0 spiro atoms. The van der Waals surface area contributed by atoms with E-state index in [0.717, 1.165) is 0 Å². The van der Waals surface area contributed by atoms with Gasteiger partial charge < -0.3 is 10.1 Å². The van der Waals surface area contributed by atoms with Crippen LogP contribution in [0, 0.1) is 10.2 Å². The summed E-state index contributed by atoms with van der Waals surface area (Å²) in [5.41, 5.74) is 0.488. The summed E-state index contributed by atoms with van der Waals surface area (Å²) in [4.78, 5) is 6.51. The number of nitrogens with one attached hydrogen (secondary N) is 2. The molecule has 1 aromatic heterocycles. The fraction of sp³-hybridized carbons (Fsp3) is 0.167. The average molecular weight is 214 g/mol. The van der Waals surface area contributed by atoms with Crippen LogP contribution in [0.15, 0.2) is 4.99 Å². The second kappa shape index (κ2) is 2.71. The lowest BCUT2D eigenvalue weighted by Crippen LogP contribution is -2.03. The van der Waals surface area contributed by atoms with Gasteiger partial charge in [-0.3, -0.25) is 5.41 Å². The minimum atomic E-state index is -0.0275. The van der Waals surface area contributed by atoms with Gasteiger partial charge in [-0.1, -0.05) is 0 Å². The molecule has 0 saturated heterocycles. The standard InChI is InChI=1S/C6H6N4OS2/c1-13-4-2-3(11)8-6(12)10(2)5(7)9-4/h7,11H,1H3,(H,8,12). The van der Waals surface area contributed by atoms with Crippen LogP contribution >= 0.6 is 24.0 Å². The first-order valence-electron chi connectivity index (χ1n) is 3.41. The predicted octanol–water partition coefficient (Wildman–Crippen LogP) is 1.16. The summed E-state index contributed by atoms with van der Waals surface area (Å²) in [7, 11) is 0. The highest BCUT2D eigenvalue weighted by molar-refractivity contribution is 8.13. The molecular weight excluding hydrogens is 208 g/mol. The lowest BCUT2D eigenvalue weighted by atomic mass is 10.5. The smallest absolute Gasteiger partial charge is 0.230 e. The van der Waals surface area contributed by atoms with Crippen LogP contribution in [0.3, 0.4) is 0 Å². The Bertz CT molecular complexity index is 469. The maximum Gasteiger partial charge on any atom is 0.230 e. The van der Waals surface area contributed by atoms with Crippen molar-refractivity contribution in [1.29, 1.82) is 5.41 Å². The van der Waals surface area contributed by atoms with Gasteiger partial charge in [0.2, 0.25) is 11.8 Å². The molecular formula is C6H6N4OS2. The lowest BCUT2D eigenvalue weighted by molar-refractivity contribution is 0.455. The molecule has 0 fully saturated rings. The molecule has 3 N–H and O–H groups in total. The molecule has 7 heteroatoms. The Morgan fingerprint density at radius 2 is 2.38 bits per heavy atom. The van der Waals surface area contributed by atoms with Crippen molar-refractivity contribution >= 4 is 35.0 Å². The van der Waals surface area contributed by atoms with Gasteiger partial charge in [0, 0.05) is 0 Å². The molecule has 0 bridgehead atoms. The second-order valence-corrected chi connectivity index (χ2v) is 3.59. The van der Waals surface area contributed by atoms with E-state index in [1.54, 1.807) is 0 Å². The molecule has 1 aliphatic rings. The number of rotatable bonds is 0. The van der Waals surface area contributed by atoms with E-state index in [0.29, 0.717) is 15.5 Å². The van der Waals surface area contributed by atoms with Crippen LogP contribution in [0.25, 0.3) is 0 Å². The van der Waals surface area contributed by atoms with E-state index in [9.17, 15) is 5.11 Å². The number of H-pyrrole nitrogens is 1. The molecule has 0 radical (unpaired) electrons. The van der Waals surface area contributed by atoms with Crippen molar-refractivity contribution in [2.24, 2.45) is 4.99 Å². The molecule has 0 unspecified atom stereocenters. The minimum Gasteiger partial charge on any atom is -0.493 e. The highest BCUT2D eigenvalue weighted by Gasteiger charge is 2.25. The zero-order valence-corrected chi connectivity index (χ0v) is 8.29. The van der Waals surface area contributed by atoms with E-state index >= 15 is 0 Å². The Balaban J connectivity index is 2.77. The third kappa shape index (κ3) is 1.04. The van der Waals surface area contributed by atoms with Gasteiger partial charge in [-0.2, -0.15) is 0 Å². The van der Waals surface area contributed by atoms with Crippen molar-refractivity contribution in [1.82, 2.24) is 9.55 Å². The van der Waals surface area contributed by atoms with Gasteiger partial charge >= 0.3 is 0 Å². The topological polar surface area (TPSA) is 77.2 Å². The first-order chi connectivity index (χ1) is 6.15. The number of aromatic nitrogens is 2. The van der Waals surface area contributed by atoms with Crippen LogP contribution in [0.1, 0.15) is 5.69 Å². The van der Waals surface area contributed by atoms with Gasteiger partial charge in [0.25, 0.3) is 0 Å². The normalized spacial score (nSPS) is 14.5. The van der Waals surface area contributed by atoms with Crippen LogP contribution in [0.2, 0.25) is 0 Å². The molecule has 5 nitrogen and oxygen atoms in total. The number of hydrogen-bond acceptors (Lipinski definition) is 4. The van der Waals surface area contributed by atoms with Gasteiger partial charge in [-0.25, -0.2) is 9.56 Å². The zero-order valence-electron chi connectivity index (χ0n) is 6.66. The van der Waals surface area contributed by atoms with Gasteiger partial charge in [0.1, 0.15) is 10.7 Å². The number of aromatic amines is 1. The maximum atomic E-state index is 9.44. The van der Waals surface area contributed by atoms with Crippen LogP contribution < -0.4 is 0 Å². The summed E-state index contributed by atoms with van der Waals surface area (Å²) < 4.78 is 1.70. The highest BCUT2D eigenvalue weighted by Crippen LogP contribution is 2.25. The molecule has 0 amide bonds. The molecule has 13 heavy (non-hydrogen) atoms. The van der Waals surface area contributed by atoms with Crippen molar-refractivity contribution in [3.8, 4) is 5.88 Å². The highest BCUT2D eigenvalue weighted by atomic mass is 32.2. The maximum absolute atomic E-state index is 9.44. The summed E-state index contributed by atoms with van der Waals surface area (Å²) in [6.07, 6.45) is 1.83. The molecule has 2 rings (SSSR count). The molecule has 68 valence electrons. The quantitative estimate of drug-likeness (QED) is 0.567. The number of aromatic hydroxyl groups is 1. The summed E-state index contributed by atoms with van der Waals surface area (Å²) >= 11 is 6.27. The van der Waals surface area contributed by atoms with Crippen LogP contribution in [0.5, 0.6) is 5.88 Å². The molecule has 2 heterocycles. The summed E-state index contributed by atoms with van der Waals surface area (Å²) in [6, 6.07) is 0. The second-order valence-electron chi connectivity index (χ2n) is 2.41. The minimum absolute atomic E-state index is 0.0275. The van der Waals surface area contributed by atoms with E-state index in [1.165, 1.54) is 16.3 Å². The van der Waals surface area contributed by atoms with Crippen LogP contribution in [-0.4, -0.2) is 31.9 Å². The molecule has 0 atom stereocenters. The van der Waals surface area contributed by atoms with Crippen molar-refractivity contribution < 1.29 is 5.11 Å². The van der Waals surface area contributed by atoms with E-state index < -0.39 is 0 Å². The Kier molecular flexibility index (Phi) is 1.77. The molecule has 1 aliphatic heterocycles. The monoisotopic (exact) mass is 214 g/mol.